The van der Waals surface area contributed by atoms with Crippen LogP contribution in [-0.4, -0.2) is 30.7 Å². The number of aromatic nitrogens is 2. The fourth-order valence-electron chi connectivity index (χ4n) is 1.05. The summed E-state index contributed by atoms with van der Waals surface area (Å²) in [7, 11) is 2.66. The molecule has 1 rings (SSSR count). The van der Waals surface area contributed by atoms with Gasteiger partial charge in [-0.05, 0) is 0 Å². The lowest BCUT2D eigenvalue weighted by Crippen LogP contribution is -2.36. The summed E-state index contributed by atoms with van der Waals surface area (Å²) in [6.07, 6.45) is 4.99. The van der Waals surface area contributed by atoms with Crippen molar-refractivity contribution in [3.63, 3.8) is 0 Å². The summed E-state index contributed by atoms with van der Waals surface area (Å²) in [6, 6.07) is 0. The monoisotopic (exact) mass is 213 g/mol. The Balaban J connectivity index is 2.56. The fourth-order valence-corrected chi connectivity index (χ4v) is 1.05. The van der Waals surface area contributed by atoms with E-state index in [1.165, 1.54) is 14.2 Å². The van der Waals surface area contributed by atoms with E-state index in [2.05, 4.69) is 9.47 Å². The summed E-state index contributed by atoms with van der Waals surface area (Å²) in [5, 5.41) is 0. The van der Waals surface area contributed by atoms with Crippen LogP contribution in [0, 0.1) is 0 Å². The summed E-state index contributed by atoms with van der Waals surface area (Å²) >= 11 is 0. The largest absolute Gasteiger partial charge is 0.466 e. The van der Waals surface area contributed by atoms with Crippen molar-refractivity contribution in [2.24, 2.45) is 0 Å². The van der Waals surface area contributed by atoms with Crippen molar-refractivity contribution >= 4 is 11.9 Å². The van der Waals surface area contributed by atoms with E-state index in [-0.39, 0.29) is 25.0 Å². The van der Waals surface area contributed by atoms with Crippen molar-refractivity contribution in [3.8, 4) is 0 Å². The molecule has 1 heterocycles. The first kappa shape index (κ1) is 11.2. The first-order valence-electron chi connectivity index (χ1n) is 4.34. The zero-order valence-corrected chi connectivity index (χ0v) is 8.67. The normalized spacial score (nSPS) is 9.73. The lowest BCUT2D eigenvalue weighted by atomic mass is 10.6. The highest BCUT2D eigenvalue weighted by molar-refractivity contribution is 5.69. The SMILES string of the molecule is COC(=O)Cn1cc[n+](CC(=O)OC)c1. The maximum atomic E-state index is 10.9. The molecular weight excluding hydrogens is 200 g/mol. The highest BCUT2D eigenvalue weighted by Gasteiger charge is 2.11. The lowest BCUT2D eigenvalue weighted by Gasteiger charge is -1.95. The number of carbonyl (C=O) groups is 2. The molecule has 0 atom stereocenters. The number of hydrogen-bond acceptors (Lipinski definition) is 4. The zero-order chi connectivity index (χ0) is 11.3. The first-order chi connectivity index (χ1) is 7.15. The average Bonchev–Trinajstić information content (AvgIpc) is 2.65. The molecule has 15 heavy (non-hydrogen) atoms. The highest BCUT2D eigenvalue weighted by Crippen LogP contribution is 1.87. The van der Waals surface area contributed by atoms with Crippen LogP contribution in [0.25, 0.3) is 0 Å². The van der Waals surface area contributed by atoms with E-state index in [0.717, 1.165) is 0 Å². The van der Waals surface area contributed by atoms with Crippen molar-refractivity contribution in [2.45, 2.75) is 13.1 Å². The van der Waals surface area contributed by atoms with E-state index in [1.54, 1.807) is 27.9 Å². The van der Waals surface area contributed by atoms with E-state index >= 15 is 0 Å². The zero-order valence-electron chi connectivity index (χ0n) is 8.67. The Morgan fingerprint density at radius 1 is 1.27 bits per heavy atom. The van der Waals surface area contributed by atoms with Crippen LogP contribution in [0.4, 0.5) is 0 Å². The third-order valence-corrected chi connectivity index (χ3v) is 1.82. The number of nitrogens with zero attached hydrogens (tertiary/aromatic N) is 2. The van der Waals surface area contributed by atoms with Crippen LogP contribution in [-0.2, 0) is 32.2 Å². The molecule has 82 valence electrons. The Morgan fingerprint density at radius 2 is 1.93 bits per heavy atom. The summed E-state index contributed by atoms with van der Waals surface area (Å²) < 4.78 is 12.2. The lowest BCUT2D eigenvalue weighted by molar-refractivity contribution is -0.685. The number of imidazole rings is 1. The van der Waals surface area contributed by atoms with Crippen LogP contribution in [0.2, 0.25) is 0 Å². The molecule has 0 fully saturated rings. The molecule has 6 nitrogen and oxygen atoms in total. The molecule has 1 aromatic heterocycles. The number of esters is 2. The van der Waals surface area contributed by atoms with Crippen LogP contribution >= 0.6 is 0 Å². The Kier molecular flexibility index (Phi) is 3.84. The standard InChI is InChI=1S/C9H13N2O4/c1-14-8(12)5-10-3-4-11(7-10)6-9(13)15-2/h3-4,7H,5-6H2,1-2H3/q+1. The minimum Gasteiger partial charge on any atom is -0.466 e. The van der Waals surface area contributed by atoms with Crippen LogP contribution in [0.3, 0.4) is 0 Å². The number of hydrogen-bond donors (Lipinski definition) is 0. The summed E-state index contributed by atoms with van der Waals surface area (Å²) in [4.78, 5) is 21.8. The Bertz CT molecular complexity index is 326. The summed E-state index contributed by atoms with van der Waals surface area (Å²) in [6.45, 7) is 0.259. The summed E-state index contributed by atoms with van der Waals surface area (Å²) in [5.41, 5.74) is 0. The molecule has 0 radical (unpaired) electrons. The van der Waals surface area contributed by atoms with Crippen LogP contribution in [0.5, 0.6) is 0 Å². The third-order valence-electron chi connectivity index (χ3n) is 1.82. The van der Waals surface area contributed by atoms with E-state index in [9.17, 15) is 9.59 Å². The van der Waals surface area contributed by atoms with Gasteiger partial charge in [-0.2, -0.15) is 0 Å². The average molecular weight is 213 g/mol. The molecule has 1 aromatic rings. The smallest absolute Gasteiger partial charge is 0.348 e. The van der Waals surface area contributed by atoms with Crippen LogP contribution < -0.4 is 4.57 Å². The van der Waals surface area contributed by atoms with Crippen LogP contribution in [0.15, 0.2) is 18.7 Å². The number of ether oxygens (including phenoxy) is 2. The second kappa shape index (κ2) is 5.14. The Morgan fingerprint density at radius 3 is 2.53 bits per heavy atom. The minimum atomic E-state index is -0.337. The van der Waals surface area contributed by atoms with Crippen molar-refractivity contribution < 1.29 is 23.6 Å². The van der Waals surface area contributed by atoms with Crippen molar-refractivity contribution in [2.75, 3.05) is 14.2 Å². The van der Waals surface area contributed by atoms with Crippen molar-refractivity contribution in [1.82, 2.24) is 4.57 Å². The molecule has 0 saturated heterocycles. The molecule has 0 spiro atoms. The molecule has 0 aliphatic carbocycles. The molecule has 0 aliphatic heterocycles. The van der Waals surface area contributed by atoms with Gasteiger partial charge in [-0.15, -0.1) is 0 Å². The predicted molar refractivity (Wildman–Crippen MR) is 48.7 cm³/mol. The maximum absolute atomic E-state index is 10.9. The molecule has 0 saturated carbocycles. The molecule has 0 unspecified atom stereocenters. The van der Waals surface area contributed by atoms with Crippen molar-refractivity contribution in [3.05, 3.63) is 18.7 Å². The van der Waals surface area contributed by atoms with E-state index in [1.807, 2.05) is 0 Å². The summed E-state index contributed by atoms with van der Waals surface area (Å²) in [5.74, 6) is -0.674. The molecule has 0 N–H and O–H groups in total. The second-order valence-electron chi connectivity index (χ2n) is 2.91. The second-order valence-corrected chi connectivity index (χ2v) is 2.91. The van der Waals surface area contributed by atoms with Gasteiger partial charge in [0.2, 0.25) is 6.33 Å². The van der Waals surface area contributed by atoms with Crippen molar-refractivity contribution in [1.29, 1.82) is 0 Å². The molecule has 0 aromatic carbocycles. The van der Waals surface area contributed by atoms with E-state index < -0.39 is 0 Å². The third kappa shape index (κ3) is 3.41. The van der Waals surface area contributed by atoms with E-state index in [4.69, 9.17) is 0 Å². The predicted octanol–water partition coefficient (Wildman–Crippen LogP) is -0.878. The van der Waals surface area contributed by atoms with Gasteiger partial charge in [0.25, 0.3) is 0 Å². The van der Waals surface area contributed by atoms with Gasteiger partial charge in [0, 0.05) is 0 Å². The first-order valence-corrected chi connectivity index (χ1v) is 4.34. The minimum absolute atomic E-state index is 0.130. The molecule has 0 amide bonds. The van der Waals surface area contributed by atoms with Gasteiger partial charge in [0.1, 0.15) is 12.4 Å². The van der Waals surface area contributed by atoms with Gasteiger partial charge >= 0.3 is 11.9 Å². The topological polar surface area (TPSA) is 61.4 Å². The Labute approximate surface area is 87.0 Å². The maximum Gasteiger partial charge on any atom is 0.348 e. The number of methoxy groups -OCH3 is 2. The highest BCUT2D eigenvalue weighted by atomic mass is 16.5. The van der Waals surface area contributed by atoms with Gasteiger partial charge in [-0.25, -0.2) is 18.7 Å². The van der Waals surface area contributed by atoms with Gasteiger partial charge in [0.05, 0.1) is 14.2 Å². The Hall–Kier alpha value is -1.85. The van der Waals surface area contributed by atoms with Gasteiger partial charge in [0.15, 0.2) is 13.1 Å². The van der Waals surface area contributed by atoms with Gasteiger partial charge < -0.3 is 9.47 Å². The number of rotatable bonds is 4. The fraction of sp³-hybridized carbons (Fsp3) is 0.444. The van der Waals surface area contributed by atoms with E-state index in [0.29, 0.717) is 0 Å². The quantitative estimate of drug-likeness (QED) is 0.481. The van der Waals surface area contributed by atoms with Gasteiger partial charge in [-0.1, -0.05) is 0 Å². The van der Waals surface area contributed by atoms with Crippen LogP contribution in [0.1, 0.15) is 0 Å². The number of carbonyl (C=O) groups excluding carboxylic acids is 2. The molecular formula is C9H13N2O4+. The molecule has 6 heteroatoms. The van der Waals surface area contributed by atoms with Gasteiger partial charge in [-0.3, -0.25) is 0 Å². The molecule has 0 bridgehead atoms. The molecule has 0 aliphatic rings.